The minimum absolute atomic E-state index is 0.0105. The number of amides is 2. The number of urea groups is 1. The van der Waals surface area contributed by atoms with Gasteiger partial charge in [-0.2, -0.15) is 8.78 Å². The van der Waals surface area contributed by atoms with E-state index >= 15 is 0 Å². The van der Waals surface area contributed by atoms with Gasteiger partial charge >= 0.3 is 18.6 Å². The van der Waals surface area contributed by atoms with Crippen molar-refractivity contribution >= 4 is 12.0 Å². The Morgan fingerprint density at radius 3 is 2.68 bits per heavy atom. The molecule has 0 atom stereocenters. The largest absolute Gasteiger partial charge is 0.481 e. The van der Waals surface area contributed by atoms with Gasteiger partial charge in [-0.15, -0.1) is 0 Å². The highest BCUT2D eigenvalue weighted by Gasteiger charge is 2.21. The number of hydrogen-bond acceptors (Lipinski definition) is 5. The summed E-state index contributed by atoms with van der Waals surface area (Å²) in [4.78, 5) is 23.7. The van der Waals surface area contributed by atoms with Gasteiger partial charge in [0.15, 0.2) is 11.5 Å². The molecule has 1 aromatic rings. The van der Waals surface area contributed by atoms with Gasteiger partial charge in [0.05, 0.1) is 6.54 Å². The van der Waals surface area contributed by atoms with Gasteiger partial charge in [0.1, 0.15) is 5.75 Å². The summed E-state index contributed by atoms with van der Waals surface area (Å²) in [6, 6.07) is 2.31. The highest BCUT2D eigenvalue weighted by molar-refractivity contribution is 5.74. The molecule has 0 spiro atoms. The van der Waals surface area contributed by atoms with Crippen molar-refractivity contribution in [2.45, 2.75) is 26.0 Å². The summed E-state index contributed by atoms with van der Waals surface area (Å²) in [6.07, 6.45) is 0.233. The standard InChI is InChI=1S/C15H18F2N2O6/c1-19(15(22)18-4-2-3-13(20)21)7-9-5-11-12(24-8-23-11)6-10(9)25-14(16)17/h5-6,14H,2-4,7-8H2,1H3,(H,18,22)(H,20,21). The fourth-order valence-electron chi connectivity index (χ4n) is 2.19. The van der Waals surface area contributed by atoms with E-state index in [0.717, 1.165) is 0 Å². The number of carboxylic acids is 1. The normalized spacial score (nSPS) is 12.2. The van der Waals surface area contributed by atoms with Gasteiger partial charge in [0.25, 0.3) is 0 Å². The Balaban J connectivity index is 2.00. The molecule has 1 aromatic carbocycles. The minimum Gasteiger partial charge on any atom is -0.481 e. The van der Waals surface area contributed by atoms with E-state index in [4.69, 9.17) is 14.6 Å². The number of fused-ring (bicyclic) bond motifs is 1. The molecule has 8 nitrogen and oxygen atoms in total. The summed E-state index contributed by atoms with van der Waals surface area (Å²) in [5.41, 5.74) is 0.327. The lowest BCUT2D eigenvalue weighted by molar-refractivity contribution is -0.137. The SMILES string of the molecule is CN(Cc1cc2c(cc1OC(F)F)OCO2)C(=O)NCCCC(=O)O. The molecule has 1 aliphatic heterocycles. The van der Waals surface area contributed by atoms with Gasteiger partial charge in [-0.1, -0.05) is 0 Å². The molecule has 0 saturated carbocycles. The number of nitrogens with one attached hydrogen (secondary N) is 1. The van der Waals surface area contributed by atoms with Crippen LogP contribution in [0.3, 0.4) is 0 Å². The molecule has 0 unspecified atom stereocenters. The molecule has 0 aromatic heterocycles. The number of carboxylic acid groups (broad SMARTS) is 1. The molecule has 10 heteroatoms. The molecule has 1 heterocycles. The van der Waals surface area contributed by atoms with Crippen molar-refractivity contribution in [1.82, 2.24) is 10.2 Å². The number of nitrogens with zero attached hydrogens (tertiary/aromatic N) is 1. The first-order valence-corrected chi connectivity index (χ1v) is 7.45. The van der Waals surface area contributed by atoms with Gasteiger partial charge in [-0.25, -0.2) is 4.79 Å². The first kappa shape index (κ1) is 18.6. The molecule has 0 bridgehead atoms. The monoisotopic (exact) mass is 360 g/mol. The van der Waals surface area contributed by atoms with Crippen molar-refractivity contribution < 1.29 is 37.7 Å². The Bertz CT molecular complexity index is 641. The third kappa shape index (κ3) is 5.37. The number of rotatable bonds is 8. The van der Waals surface area contributed by atoms with E-state index in [9.17, 15) is 18.4 Å². The van der Waals surface area contributed by atoms with E-state index < -0.39 is 18.6 Å². The molecule has 2 rings (SSSR count). The summed E-state index contributed by atoms with van der Waals surface area (Å²) in [7, 11) is 1.48. The summed E-state index contributed by atoms with van der Waals surface area (Å²) < 4.78 is 40.0. The fourth-order valence-corrected chi connectivity index (χ4v) is 2.19. The number of alkyl halides is 2. The molecule has 1 aliphatic rings. The maximum absolute atomic E-state index is 12.6. The zero-order chi connectivity index (χ0) is 18.4. The van der Waals surface area contributed by atoms with Crippen LogP contribution in [0.5, 0.6) is 17.2 Å². The second-order valence-electron chi connectivity index (χ2n) is 5.28. The third-order valence-corrected chi connectivity index (χ3v) is 3.37. The number of hydrogen-bond donors (Lipinski definition) is 2. The van der Waals surface area contributed by atoms with Gasteiger partial charge in [-0.3, -0.25) is 4.79 Å². The zero-order valence-corrected chi connectivity index (χ0v) is 13.5. The first-order valence-electron chi connectivity index (χ1n) is 7.45. The smallest absolute Gasteiger partial charge is 0.387 e. The Kier molecular flexibility index (Phi) is 6.20. The van der Waals surface area contributed by atoms with Crippen molar-refractivity contribution in [3.63, 3.8) is 0 Å². The maximum atomic E-state index is 12.6. The quantitative estimate of drug-likeness (QED) is 0.689. The Labute approximate surface area is 142 Å². The van der Waals surface area contributed by atoms with Crippen LogP contribution in [0.4, 0.5) is 13.6 Å². The first-order chi connectivity index (χ1) is 11.9. The van der Waals surface area contributed by atoms with Crippen molar-refractivity contribution in [2.75, 3.05) is 20.4 Å². The van der Waals surface area contributed by atoms with Crippen molar-refractivity contribution in [2.24, 2.45) is 0 Å². The van der Waals surface area contributed by atoms with Crippen LogP contribution in [0.1, 0.15) is 18.4 Å². The van der Waals surface area contributed by atoms with E-state index in [-0.39, 0.29) is 32.1 Å². The van der Waals surface area contributed by atoms with E-state index in [1.165, 1.54) is 24.1 Å². The molecule has 0 saturated heterocycles. The Hall–Kier alpha value is -2.78. The van der Waals surface area contributed by atoms with Crippen LogP contribution < -0.4 is 19.5 Å². The fraction of sp³-hybridized carbons (Fsp3) is 0.467. The molecule has 138 valence electrons. The van der Waals surface area contributed by atoms with Crippen LogP contribution in [0.2, 0.25) is 0 Å². The molecule has 0 aliphatic carbocycles. The number of benzene rings is 1. The highest BCUT2D eigenvalue weighted by atomic mass is 19.3. The lowest BCUT2D eigenvalue weighted by atomic mass is 10.1. The molecular formula is C15H18F2N2O6. The van der Waals surface area contributed by atoms with Crippen LogP contribution in [-0.2, 0) is 11.3 Å². The molecule has 0 fully saturated rings. The number of carbonyl (C=O) groups is 2. The Morgan fingerprint density at radius 2 is 2.04 bits per heavy atom. The molecule has 0 radical (unpaired) electrons. The number of halogens is 2. The van der Waals surface area contributed by atoms with E-state index in [2.05, 4.69) is 10.1 Å². The van der Waals surface area contributed by atoms with E-state index in [0.29, 0.717) is 23.5 Å². The summed E-state index contributed by atoms with van der Waals surface area (Å²) >= 11 is 0. The second-order valence-corrected chi connectivity index (χ2v) is 5.28. The van der Waals surface area contributed by atoms with Crippen LogP contribution in [-0.4, -0.2) is 49.0 Å². The molecule has 2 amide bonds. The highest BCUT2D eigenvalue weighted by Crippen LogP contribution is 2.39. The average molecular weight is 360 g/mol. The molecule has 2 N–H and O–H groups in total. The number of carbonyl (C=O) groups excluding carboxylic acids is 1. The molecule has 25 heavy (non-hydrogen) atoms. The average Bonchev–Trinajstić information content (AvgIpc) is 2.97. The molecular weight excluding hydrogens is 342 g/mol. The Morgan fingerprint density at radius 1 is 1.36 bits per heavy atom. The number of ether oxygens (including phenoxy) is 3. The summed E-state index contributed by atoms with van der Waals surface area (Å²) in [5, 5.41) is 11.1. The van der Waals surface area contributed by atoms with Crippen LogP contribution >= 0.6 is 0 Å². The van der Waals surface area contributed by atoms with E-state index in [1.807, 2.05) is 0 Å². The zero-order valence-electron chi connectivity index (χ0n) is 13.5. The van der Waals surface area contributed by atoms with Crippen LogP contribution in [0.25, 0.3) is 0 Å². The second kappa shape index (κ2) is 8.36. The lowest BCUT2D eigenvalue weighted by Gasteiger charge is -2.20. The summed E-state index contributed by atoms with van der Waals surface area (Å²) in [6.45, 7) is -2.86. The van der Waals surface area contributed by atoms with Gasteiger partial charge in [-0.05, 0) is 12.5 Å². The van der Waals surface area contributed by atoms with Crippen molar-refractivity contribution in [3.05, 3.63) is 17.7 Å². The van der Waals surface area contributed by atoms with Crippen LogP contribution in [0.15, 0.2) is 12.1 Å². The van der Waals surface area contributed by atoms with E-state index in [1.54, 1.807) is 0 Å². The van der Waals surface area contributed by atoms with Gasteiger partial charge < -0.3 is 29.5 Å². The lowest BCUT2D eigenvalue weighted by Crippen LogP contribution is -2.37. The van der Waals surface area contributed by atoms with Crippen molar-refractivity contribution in [3.8, 4) is 17.2 Å². The predicted octanol–water partition coefficient (Wildman–Crippen LogP) is 2.02. The van der Waals surface area contributed by atoms with Crippen molar-refractivity contribution in [1.29, 1.82) is 0 Å². The minimum atomic E-state index is -3.02. The maximum Gasteiger partial charge on any atom is 0.387 e. The number of aliphatic carboxylic acids is 1. The van der Waals surface area contributed by atoms with Gasteiger partial charge in [0, 0.05) is 31.6 Å². The van der Waals surface area contributed by atoms with Gasteiger partial charge in [0.2, 0.25) is 6.79 Å². The topological polar surface area (TPSA) is 97.3 Å². The predicted molar refractivity (Wildman–Crippen MR) is 80.9 cm³/mol. The third-order valence-electron chi connectivity index (χ3n) is 3.37. The van der Waals surface area contributed by atoms with Crippen LogP contribution in [0, 0.1) is 0 Å². The summed E-state index contributed by atoms with van der Waals surface area (Å²) in [5.74, 6) is -0.381.